The van der Waals surface area contributed by atoms with Gasteiger partial charge in [0.25, 0.3) is 0 Å². The van der Waals surface area contributed by atoms with Gasteiger partial charge in [0, 0.05) is 7.11 Å². The first-order chi connectivity index (χ1) is 9.17. The first-order valence-corrected chi connectivity index (χ1v) is 6.48. The third-order valence-corrected chi connectivity index (χ3v) is 3.50. The summed E-state index contributed by atoms with van der Waals surface area (Å²) in [6, 6.07) is 10.4. The number of hydrogen-bond acceptors (Lipinski definition) is 3. The Hall–Kier alpha value is -1.58. The SMILES string of the molecule is CNC(c1ccc(COC)o1)c1cccc(C)c1C. The van der Waals surface area contributed by atoms with Crippen molar-refractivity contribution in [1.29, 1.82) is 0 Å². The number of benzene rings is 1. The van der Waals surface area contributed by atoms with Crippen molar-refractivity contribution >= 4 is 0 Å². The molecule has 1 N–H and O–H groups in total. The zero-order valence-corrected chi connectivity index (χ0v) is 12.0. The second-order valence-electron chi connectivity index (χ2n) is 4.75. The van der Waals surface area contributed by atoms with Gasteiger partial charge in [-0.25, -0.2) is 0 Å². The van der Waals surface area contributed by atoms with Gasteiger partial charge in [-0.3, -0.25) is 0 Å². The highest BCUT2D eigenvalue weighted by atomic mass is 16.5. The Kier molecular flexibility index (Phi) is 4.40. The van der Waals surface area contributed by atoms with Crippen molar-refractivity contribution in [2.24, 2.45) is 0 Å². The lowest BCUT2D eigenvalue weighted by Gasteiger charge is -2.18. The molecule has 0 saturated carbocycles. The zero-order chi connectivity index (χ0) is 13.8. The fourth-order valence-corrected chi connectivity index (χ4v) is 2.31. The van der Waals surface area contributed by atoms with E-state index in [9.17, 15) is 0 Å². The number of ether oxygens (including phenoxy) is 1. The third kappa shape index (κ3) is 2.88. The fraction of sp³-hybridized carbons (Fsp3) is 0.375. The van der Waals surface area contributed by atoms with Crippen LogP contribution < -0.4 is 5.32 Å². The van der Waals surface area contributed by atoms with Crippen molar-refractivity contribution in [2.75, 3.05) is 14.2 Å². The van der Waals surface area contributed by atoms with Gasteiger partial charge >= 0.3 is 0 Å². The van der Waals surface area contributed by atoms with Crippen LogP contribution in [0.4, 0.5) is 0 Å². The average molecular weight is 259 g/mol. The molecule has 1 aromatic heterocycles. The van der Waals surface area contributed by atoms with E-state index in [0.29, 0.717) is 6.61 Å². The number of aryl methyl sites for hydroxylation is 1. The van der Waals surface area contributed by atoms with Crippen LogP contribution in [0, 0.1) is 13.8 Å². The van der Waals surface area contributed by atoms with Crippen LogP contribution in [0.2, 0.25) is 0 Å². The molecule has 3 heteroatoms. The molecule has 0 aliphatic carbocycles. The molecule has 2 rings (SSSR count). The second kappa shape index (κ2) is 6.04. The molecule has 0 aliphatic rings. The summed E-state index contributed by atoms with van der Waals surface area (Å²) in [4.78, 5) is 0. The van der Waals surface area contributed by atoms with Crippen LogP contribution in [0.5, 0.6) is 0 Å². The molecule has 0 spiro atoms. The summed E-state index contributed by atoms with van der Waals surface area (Å²) in [5.41, 5.74) is 3.84. The maximum Gasteiger partial charge on any atom is 0.129 e. The Morgan fingerprint density at radius 3 is 2.68 bits per heavy atom. The highest BCUT2D eigenvalue weighted by molar-refractivity contribution is 5.38. The lowest BCUT2D eigenvalue weighted by atomic mass is 9.96. The predicted octanol–water partition coefficient (Wildman–Crippen LogP) is 3.35. The molecule has 1 heterocycles. The number of rotatable bonds is 5. The fourth-order valence-electron chi connectivity index (χ4n) is 2.31. The van der Waals surface area contributed by atoms with Crippen LogP contribution in [0.15, 0.2) is 34.7 Å². The standard InChI is InChI=1S/C16H21NO2/c1-11-6-5-7-14(12(11)2)16(17-3)15-9-8-13(19-15)10-18-4/h5-9,16-17H,10H2,1-4H3. The average Bonchev–Trinajstić information content (AvgIpc) is 2.84. The summed E-state index contributed by atoms with van der Waals surface area (Å²) in [6.07, 6.45) is 0. The van der Waals surface area contributed by atoms with E-state index in [2.05, 4.69) is 37.4 Å². The van der Waals surface area contributed by atoms with Crippen LogP contribution in [0.25, 0.3) is 0 Å². The molecule has 1 unspecified atom stereocenters. The van der Waals surface area contributed by atoms with Crippen molar-refractivity contribution < 1.29 is 9.15 Å². The predicted molar refractivity (Wildman–Crippen MR) is 76.2 cm³/mol. The molecule has 0 aliphatic heterocycles. The Morgan fingerprint density at radius 1 is 1.21 bits per heavy atom. The van der Waals surface area contributed by atoms with Crippen LogP contribution in [0.3, 0.4) is 0 Å². The Morgan fingerprint density at radius 2 is 2.00 bits per heavy atom. The Balaban J connectivity index is 2.35. The minimum absolute atomic E-state index is 0.0745. The highest BCUT2D eigenvalue weighted by Gasteiger charge is 2.18. The summed E-state index contributed by atoms with van der Waals surface area (Å²) in [6.45, 7) is 4.78. The van der Waals surface area contributed by atoms with Crippen LogP contribution in [0.1, 0.15) is 34.3 Å². The lowest BCUT2D eigenvalue weighted by molar-refractivity contribution is 0.162. The van der Waals surface area contributed by atoms with E-state index < -0.39 is 0 Å². The molecular weight excluding hydrogens is 238 g/mol. The lowest BCUT2D eigenvalue weighted by Crippen LogP contribution is -2.18. The molecule has 0 amide bonds. The number of furan rings is 1. The van der Waals surface area contributed by atoms with Crippen molar-refractivity contribution in [2.45, 2.75) is 26.5 Å². The number of hydrogen-bond donors (Lipinski definition) is 1. The van der Waals surface area contributed by atoms with Gasteiger partial charge in [0.05, 0.1) is 6.04 Å². The molecule has 2 aromatic rings. The largest absolute Gasteiger partial charge is 0.462 e. The molecule has 102 valence electrons. The normalized spacial score (nSPS) is 12.6. The monoisotopic (exact) mass is 259 g/mol. The van der Waals surface area contributed by atoms with Crippen molar-refractivity contribution in [1.82, 2.24) is 5.32 Å². The quantitative estimate of drug-likeness (QED) is 0.894. The van der Waals surface area contributed by atoms with Gasteiger partial charge in [-0.15, -0.1) is 0 Å². The van der Waals surface area contributed by atoms with E-state index >= 15 is 0 Å². The molecule has 0 saturated heterocycles. The first-order valence-electron chi connectivity index (χ1n) is 6.48. The maximum absolute atomic E-state index is 5.84. The van der Waals surface area contributed by atoms with Crippen molar-refractivity contribution in [3.05, 3.63) is 58.5 Å². The minimum Gasteiger partial charge on any atom is -0.462 e. The minimum atomic E-state index is 0.0745. The Labute approximate surface area is 114 Å². The van der Waals surface area contributed by atoms with Gasteiger partial charge in [0.1, 0.15) is 18.1 Å². The highest BCUT2D eigenvalue weighted by Crippen LogP contribution is 2.27. The molecule has 1 aromatic carbocycles. The van der Waals surface area contributed by atoms with E-state index in [1.807, 2.05) is 19.2 Å². The van der Waals surface area contributed by atoms with E-state index in [4.69, 9.17) is 9.15 Å². The Bertz CT molecular complexity index is 545. The number of methoxy groups -OCH3 is 1. The molecule has 1 atom stereocenters. The molecule has 0 radical (unpaired) electrons. The topological polar surface area (TPSA) is 34.4 Å². The van der Waals surface area contributed by atoms with Gasteiger partial charge in [0.15, 0.2) is 0 Å². The third-order valence-electron chi connectivity index (χ3n) is 3.50. The summed E-state index contributed by atoms with van der Waals surface area (Å²) < 4.78 is 10.9. The van der Waals surface area contributed by atoms with E-state index in [0.717, 1.165) is 11.5 Å². The zero-order valence-electron chi connectivity index (χ0n) is 12.0. The summed E-state index contributed by atoms with van der Waals surface area (Å²) in [7, 11) is 3.62. The summed E-state index contributed by atoms with van der Waals surface area (Å²) >= 11 is 0. The van der Waals surface area contributed by atoms with E-state index in [1.165, 1.54) is 16.7 Å². The smallest absolute Gasteiger partial charge is 0.129 e. The summed E-state index contributed by atoms with van der Waals surface area (Å²) in [5.74, 6) is 1.77. The van der Waals surface area contributed by atoms with E-state index in [1.54, 1.807) is 7.11 Å². The van der Waals surface area contributed by atoms with Crippen molar-refractivity contribution in [3.63, 3.8) is 0 Å². The molecule has 0 fully saturated rings. The molecule has 19 heavy (non-hydrogen) atoms. The van der Waals surface area contributed by atoms with Gasteiger partial charge in [-0.05, 0) is 49.7 Å². The van der Waals surface area contributed by atoms with E-state index in [-0.39, 0.29) is 6.04 Å². The van der Waals surface area contributed by atoms with Gasteiger partial charge in [-0.1, -0.05) is 18.2 Å². The molecular formula is C16H21NO2. The first kappa shape index (κ1) is 13.8. The van der Waals surface area contributed by atoms with Crippen LogP contribution in [-0.2, 0) is 11.3 Å². The van der Waals surface area contributed by atoms with Gasteiger partial charge in [0.2, 0.25) is 0 Å². The van der Waals surface area contributed by atoms with Crippen molar-refractivity contribution in [3.8, 4) is 0 Å². The molecule has 3 nitrogen and oxygen atoms in total. The maximum atomic E-state index is 5.84. The van der Waals surface area contributed by atoms with Gasteiger partial charge in [-0.2, -0.15) is 0 Å². The summed E-state index contributed by atoms with van der Waals surface area (Å²) in [5, 5.41) is 3.32. The number of nitrogens with one attached hydrogen (secondary N) is 1. The van der Waals surface area contributed by atoms with Crippen LogP contribution >= 0.6 is 0 Å². The van der Waals surface area contributed by atoms with Gasteiger partial charge < -0.3 is 14.5 Å². The second-order valence-corrected chi connectivity index (χ2v) is 4.75. The molecule has 0 bridgehead atoms. The van der Waals surface area contributed by atoms with Crippen LogP contribution in [-0.4, -0.2) is 14.2 Å².